The highest BCUT2D eigenvalue weighted by molar-refractivity contribution is 5.39. The highest BCUT2D eigenvalue weighted by Crippen LogP contribution is 2.22. The Hall–Kier alpha value is -1.97. The standard InChI is InChI=1S/C11H16O2.C5H8N2/c1-4-7-13-11-6-5-10(12-3)8-9(11)2;1-2-5-3-6-4-7-5/h5-6,8H,4,7H2,1-3H3;3-4H,2H2,1H3,(H,6,7). The number of aryl methyl sites for hydroxylation is 2. The van der Waals surface area contributed by atoms with Crippen molar-refractivity contribution >= 4 is 0 Å². The number of ether oxygens (including phenoxy) is 2. The lowest BCUT2D eigenvalue weighted by Crippen LogP contribution is -1.97. The predicted molar refractivity (Wildman–Crippen MR) is 81.5 cm³/mol. The molecule has 0 fully saturated rings. The number of imidazole rings is 1. The summed E-state index contributed by atoms with van der Waals surface area (Å²) in [6.45, 7) is 6.98. The van der Waals surface area contributed by atoms with Crippen LogP contribution in [0.15, 0.2) is 30.7 Å². The summed E-state index contributed by atoms with van der Waals surface area (Å²) in [5.41, 5.74) is 2.31. The Bertz CT molecular complexity index is 481. The van der Waals surface area contributed by atoms with Crippen LogP contribution in [-0.4, -0.2) is 23.7 Å². The largest absolute Gasteiger partial charge is 0.497 e. The van der Waals surface area contributed by atoms with Crippen LogP contribution in [0.25, 0.3) is 0 Å². The van der Waals surface area contributed by atoms with Crippen molar-refractivity contribution in [2.75, 3.05) is 13.7 Å². The zero-order valence-corrected chi connectivity index (χ0v) is 12.8. The predicted octanol–water partition coefficient (Wildman–Crippen LogP) is 3.76. The van der Waals surface area contributed by atoms with Crippen LogP contribution < -0.4 is 9.47 Å². The Morgan fingerprint density at radius 1 is 1.25 bits per heavy atom. The fourth-order valence-corrected chi connectivity index (χ4v) is 1.60. The maximum Gasteiger partial charge on any atom is 0.122 e. The quantitative estimate of drug-likeness (QED) is 0.904. The van der Waals surface area contributed by atoms with Crippen LogP contribution in [0.3, 0.4) is 0 Å². The molecule has 0 spiro atoms. The number of H-pyrrole nitrogens is 1. The van der Waals surface area contributed by atoms with E-state index in [9.17, 15) is 0 Å². The van der Waals surface area contributed by atoms with Gasteiger partial charge in [0, 0.05) is 11.9 Å². The highest BCUT2D eigenvalue weighted by Gasteiger charge is 1.99. The second kappa shape index (κ2) is 9.02. The van der Waals surface area contributed by atoms with E-state index in [0.29, 0.717) is 0 Å². The molecule has 0 aliphatic carbocycles. The van der Waals surface area contributed by atoms with Crippen molar-refractivity contribution in [1.82, 2.24) is 9.97 Å². The van der Waals surface area contributed by atoms with Crippen LogP contribution in [0.2, 0.25) is 0 Å². The van der Waals surface area contributed by atoms with Gasteiger partial charge in [0.2, 0.25) is 0 Å². The number of aromatic nitrogens is 2. The number of hydrogen-bond acceptors (Lipinski definition) is 3. The summed E-state index contributed by atoms with van der Waals surface area (Å²) in [4.78, 5) is 6.81. The average Bonchev–Trinajstić information content (AvgIpc) is 3.00. The van der Waals surface area contributed by atoms with E-state index in [4.69, 9.17) is 9.47 Å². The molecule has 4 nitrogen and oxygen atoms in total. The van der Waals surface area contributed by atoms with Crippen molar-refractivity contribution in [2.24, 2.45) is 0 Å². The lowest BCUT2D eigenvalue weighted by Gasteiger charge is -2.08. The van der Waals surface area contributed by atoms with Gasteiger partial charge >= 0.3 is 0 Å². The number of nitrogens with one attached hydrogen (secondary N) is 1. The minimum atomic E-state index is 0.771. The molecular formula is C16H24N2O2. The molecule has 1 heterocycles. The van der Waals surface area contributed by atoms with Gasteiger partial charge < -0.3 is 14.5 Å². The van der Waals surface area contributed by atoms with Gasteiger partial charge in [-0.15, -0.1) is 0 Å². The van der Waals surface area contributed by atoms with E-state index >= 15 is 0 Å². The summed E-state index contributed by atoms with van der Waals surface area (Å²) in [6, 6.07) is 5.84. The van der Waals surface area contributed by atoms with E-state index in [2.05, 4.69) is 23.8 Å². The molecule has 20 heavy (non-hydrogen) atoms. The molecule has 1 aromatic heterocycles. The van der Waals surface area contributed by atoms with Gasteiger partial charge in [0.1, 0.15) is 11.5 Å². The van der Waals surface area contributed by atoms with Crippen LogP contribution in [0.1, 0.15) is 31.5 Å². The minimum Gasteiger partial charge on any atom is -0.497 e. The molecule has 0 aliphatic rings. The first kappa shape index (κ1) is 16.1. The second-order valence-electron chi connectivity index (χ2n) is 4.41. The molecule has 0 unspecified atom stereocenters. The molecular weight excluding hydrogens is 252 g/mol. The lowest BCUT2D eigenvalue weighted by molar-refractivity contribution is 0.314. The average molecular weight is 276 g/mol. The van der Waals surface area contributed by atoms with E-state index in [1.165, 1.54) is 5.69 Å². The summed E-state index contributed by atoms with van der Waals surface area (Å²) >= 11 is 0. The third-order valence-corrected chi connectivity index (χ3v) is 2.78. The smallest absolute Gasteiger partial charge is 0.122 e. The van der Waals surface area contributed by atoms with Gasteiger partial charge in [0.15, 0.2) is 0 Å². The number of hydrogen-bond donors (Lipinski definition) is 1. The Balaban J connectivity index is 0.000000240. The van der Waals surface area contributed by atoms with Crippen molar-refractivity contribution in [3.05, 3.63) is 42.0 Å². The van der Waals surface area contributed by atoms with E-state index in [1.54, 1.807) is 13.4 Å². The van der Waals surface area contributed by atoms with Gasteiger partial charge in [-0.3, -0.25) is 0 Å². The third-order valence-electron chi connectivity index (χ3n) is 2.78. The van der Waals surface area contributed by atoms with Crippen LogP contribution in [0.5, 0.6) is 11.5 Å². The molecule has 0 radical (unpaired) electrons. The first-order valence-electron chi connectivity index (χ1n) is 6.95. The SMILES string of the molecule is CCCOc1ccc(OC)cc1C.CCc1cnc[nH]1. The Morgan fingerprint density at radius 3 is 2.50 bits per heavy atom. The molecule has 0 amide bonds. The molecule has 4 heteroatoms. The zero-order valence-electron chi connectivity index (χ0n) is 12.8. The lowest BCUT2D eigenvalue weighted by atomic mass is 10.2. The molecule has 0 saturated carbocycles. The molecule has 0 bridgehead atoms. The minimum absolute atomic E-state index is 0.771. The van der Waals surface area contributed by atoms with Crippen LogP contribution in [0.4, 0.5) is 0 Å². The normalized spacial score (nSPS) is 9.60. The van der Waals surface area contributed by atoms with E-state index in [-0.39, 0.29) is 0 Å². The Labute approximate surface area is 121 Å². The van der Waals surface area contributed by atoms with Gasteiger partial charge in [0.25, 0.3) is 0 Å². The summed E-state index contributed by atoms with van der Waals surface area (Å²) in [5.74, 6) is 1.82. The van der Waals surface area contributed by atoms with Crippen molar-refractivity contribution in [1.29, 1.82) is 0 Å². The van der Waals surface area contributed by atoms with Crippen molar-refractivity contribution in [2.45, 2.75) is 33.6 Å². The Kier molecular flexibility index (Phi) is 7.25. The fraction of sp³-hybridized carbons (Fsp3) is 0.438. The van der Waals surface area contributed by atoms with E-state index in [0.717, 1.165) is 36.5 Å². The van der Waals surface area contributed by atoms with Crippen LogP contribution >= 0.6 is 0 Å². The van der Waals surface area contributed by atoms with Crippen LogP contribution in [-0.2, 0) is 6.42 Å². The molecule has 0 saturated heterocycles. The number of aromatic amines is 1. The van der Waals surface area contributed by atoms with E-state index < -0.39 is 0 Å². The summed E-state index contributed by atoms with van der Waals surface area (Å²) in [7, 11) is 1.67. The van der Waals surface area contributed by atoms with Gasteiger partial charge in [-0.25, -0.2) is 4.98 Å². The number of rotatable bonds is 5. The van der Waals surface area contributed by atoms with E-state index in [1.807, 2.05) is 31.3 Å². The molecule has 1 aromatic carbocycles. The maximum atomic E-state index is 5.53. The second-order valence-corrected chi connectivity index (χ2v) is 4.41. The molecule has 2 rings (SSSR count). The maximum absolute atomic E-state index is 5.53. The monoisotopic (exact) mass is 276 g/mol. The number of nitrogens with zero attached hydrogens (tertiary/aromatic N) is 1. The zero-order chi connectivity index (χ0) is 14.8. The number of benzene rings is 1. The summed E-state index contributed by atoms with van der Waals surface area (Å²) in [6.07, 6.45) is 5.60. The first-order valence-corrected chi connectivity index (χ1v) is 6.95. The molecule has 1 N–H and O–H groups in total. The van der Waals surface area contributed by atoms with Crippen LogP contribution in [0, 0.1) is 6.92 Å². The van der Waals surface area contributed by atoms with Gasteiger partial charge in [-0.1, -0.05) is 13.8 Å². The summed E-state index contributed by atoms with van der Waals surface area (Å²) in [5, 5.41) is 0. The fourth-order valence-electron chi connectivity index (χ4n) is 1.60. The van der Waals surface area contributed by atoms with Gasteiger partial charge in [-0.05, 0) is 43.5 Å². The molecule has 110 valence electrons. The first-order chi connectivity index (χ1) is 9.71. The molecule has 0 aliphatic heterocycles. The van der Waals surface area contributed by atoms with Gasteiger partial charge in [-0.2, -0.15) is 0 Å². The molecule has 0 atom stereocenters. The highest BCUT2D eigenvalue weighted by atomic mass is 16.5. The Morgan fingerprint density at radius 2 is 2.05 bits per heavy atom. The molecule has 2 aromatic rings. The van der Waals surface area contributed by atoms with Crippen molar-refractivity contribution in [3.63, 3.8) is 0 Å². The number of methoxy groups -OCH3 is 1. The topological polar surface area (TPSA) is 47.1 Å². The van der Waals surface area contributed by atoms with Gasteiger partial charge in [0.05, 0.1) is 20.0 Å². The van der Waals surface area contributed by atoms with Crippen molar-refractivity contribution in [3.8, 4) is 11.5 Å². The third kappa shape index (κ3) is 5.34. The summed E-state index contributed by atoms with van der Waals surface area (Å²) < 4.78 is 10.6. The van der Waals surface area contributed by atoms with Crippen molar-refractivity contribution < 1.29 is 9.47 Å².